The monoisotopic (exact) mass is 497 g/mol. The van der Waals surface area contributed by atoms with E-state index in [0.717, 1.165) is 18.3 Å². The van der Waals surface area contributed by atoms with Gasteiger partial charge in [-0.05, 0) is 43.5 Å². The van der Waals surface area contributed by atoms with E-state index in [2.05, 4.69) is 9.98 Å². The number of hydrogen-bond donors (Lipinski definition) is 1. The van der Waals surface area contributed by atoms with Crippen molar-refractivity contribution in [1.29, 1.82) is 0 Å². The maximum atomic E-state index is 14.9. The fraction of sp³-hybridized carbons (Fsp3) is 0.409. The highest BCUT2D eigenvalue weighted by atomic mass is 35.5. The van der Waals surface area contributed by atoms with Crippen LogP contribution in [-0.2, 0) is 26.5 Å². The number of pyridine rings is 1. The number of aliphatic imine (C=N–C) groups is 1. The van der Waals surface area contributed by atoms with Crippen molar-refractivity contribution >= 4 is 33.1 Å². The van der Waals surface area contributed by atoms with Crippen molar-refractivity contribution in [3.63, 3.8) is 0 Å². The van der Waals surface area contributed by atoms with Gasteiger partial charge in [0.05, 0.1) is 10.8 Å². The predicted molar refractivity (Wildman–Crippen MR) is 119 cm³/mol. The van der Waals surface area contributed by atoms with Crippen LogP contribution >= 0.6 is 11.6 Å². The van der Waals surface area contributed by atoms with Gasteiger partial charge in [-0.2, -0.15) is 0 Å². The number of amidine groups is 1. The molecule has 2 N–H and O–H groups in total. The second-order valence-electron chi connectivity index (χ2n) is 8.53. The van der Waals surface area contributed by atoms with Crippen LogP contribution in [0.4, 0.5) is 8.78 Å². The summed E-state index contributed by atoms with van der Waals surface area (Å²) in [6, 6.07) is 4.86. The minimum absolute atomic E-state index is 0.00854. The number of ketones is 1. The number of benzene rings is 1. The van der Waals surface area contributed by atoms with Crippen molar-refractivity contribution in [3.05, 3.63) is 63.9 Å². The van der Waals surface area contributed by atoms with E-state index in [0.29, 0.717) is 5.56 Å². The molecule has 0 saturated carbocycles. The summed E-state index contributed by atoms with van der Waals surface area (Å²) in [6.07, 6.45) is 1.27. The van der Waals surface area contributed by atoms with Crippen LogP contribution in [0.2, 0.25) is 5.02 Å². The molecule has 0 amide bonds. The van der Waals surface area contributed by atoms with Gasteiger partial charge in [0.15, 0.2) is 21.4 Å². The number of halogens is 3. The lowest BCUT2D eigenvalue weighted by atomic mass is 9.89. The minimum atomic E-state index is -3.80. The van der Waals surface area contributed by atoms with E-state index in [1.807, 2.05) is 0 Å². The molecular weight excluding hydrogens is 476 g/mol. The first-order chi connectivity index (χ1) is 15.5. The normalized spacial score (nSPS) is 23.8. The summed E-state index contributed by atoms with van der Waals surface area (Å²) in [6.45, 7) is 1.98. The van der Waals surface area contributed by atoms with E-state index in [4.69, 9.17) is 22.1 Å². The Labute approximate surface area is 194 Å². The number of Topliss-reactive ketones (excluding diaryl/α,β-unsaturated/α-hetero) is 1. The summed E-state index contributed by atoms with van der Waals surface area (Å²) in [5.41, 5.74) is 4.65. The molecular formula is C22H22ClF2N3O4S. The molecule has 0 bridgehead atoms. The van der Waals surface area contributed by atoms with E-state index in [-0.39, 0.29) is 54.6 Å². The number of sulfone groups is 1. The van der Waals surface area contributed by atoms with Gasteiger partial charge in [-0.1, -0.05) is 17.7 Å². The Balaban J connectivity index is 1.70. The molecule has 3 heterocycles. The van der Waals surface area contributed by atoms with E-state index < -0.39 is 43.3 Å². The Hall–Kier alpha value is -2.43. The summed E-state index contributed by atoms with van der Waals surface area (Å²) in [7, 11) is -3.80. The third-order valence-corrected chi connectivity index (χ3v) is 9.21. The average Bonchev–Trinajstić information content (AvgIpc) is 2.74. The van der Waals surface area contributed by atoms with Gasteiger partial charge in [0, 0.05) is 31.4 Å². The fourth-order valence-corrected chi connectivity index (χ4v) is 6.99. The Bertz CT molecular complexity index is 1260. The fourth-order valence-electron chi connectivity index (χ4n) is 4.46. The molecule has 1 saturated heterocycles. The van der Waals surface area contributed by atoms with Crippen molar-refractivity contribution in [1.82, 2.24) is 4.98 Å². The van der Waals surface area contributed by atoms with Gasteiger partial charge in [0.25, 0.3) is 0 Å². The van der Waals surface area contributed by atoms with Gasteiger partial charge in [0.1, 0.15) is 27.6 Å². The zero-order valence-electron chi connectivity index (χ0n) is 17.8. The molecule has 0 unspecified atom stereocenters. The van der Waals surface area contributed by atoms with Crippen molar-refractivity contribution < 1.29 is 26.7 Å². The van der Waals surface area contributed by atoms with E-state index >= 15 is 0 Å². The molecule has 2 aliphatic heterocycles. The lowest BCUT2D eigenvalue weighted by molar-refractivity contribution is 0.0875. The van der Waals surface area contributed by atoms with E-state index in [1.165, 1.54) is 19.1 Å². The molecule has 0 radical (unpaired) electrons. The Morgan fingerprint density at radius 1 is 1.21 bits per heavy atom. The number of nitrogens with two attached hydrogens (primary N) is 1. The largest absolute Gasteiger partial charge is 0.386 e. The van der Waals surface area contributed by atoms with Crippen LogP contribution in [0.1, 0.15) is 41.4 Å². The van der Waals surface area contributed by atoms with Gasteiger partial charge in [-0.25, -0.2) is 22.2 Å². The molecule has 2 aliphatic rings. The zero-order valence-corrected chi connectivity index (χ0v) is 19.3. The highest BCUT2D eigenvalue weighted by molar-refractivity contribution is 7.93. The number of nitrogens with zero attached hydrogens (tertiary/aromatic N) is 2. The van der Waals surface area contributed by atoms with Crippen molar-refractivity contribution in [2.24, 2.45) is 10.7 Å². The molecule has 1 spiro atoms. The number of hydrogen-bond acceptors (Lipinski definition) is 7. The lowest BCUT2D eigenvalue weighted by Crippen LogP contribution is -2.60. The zero-order chi connectivity index (χ0) is 24.0. The van der Waals surface area contributed by atoms with Crippen LogP contribution < -0.4 is 5.73 Å². The second-order valence-corrected chi connectivity index (χ2v) is 11.3. The quantitative estimate of drug-likeness (QED) is 0.650. The van der Waals surface area contributed by atoms with Crippen LogP contribution in [-0.4, -0.2) is 48.7 Å². The van der Waals surface area contributed by atoms with Gasteiger partial charge in [-0.3, -0.25) is 9.79 Å². The van der Waals surface area contributed by atoms with Gasteiger partial charge in [-0.15, -0.1) is 0 Å². The summed E-state index contributed by atoms with van der Waals surface area (Å²) < 4.78 is 59.6. The number of aromatic nitrogens is 1. The molecule has 1 fully saturated rings. The highest BCUT2D eigenvalue weighted by Gasteiger charge is 2.55. The Morgan fingerprint density at radius 3 is 2.55 bits per heavy atom. The molecule has 1 aromatic carbocycles. The molecule has 1 aromatic heterocycles. The predicted octanol–water partition coefficient (Wildman–Crippen LogP) is 2.99. The van der Waals surface area contributed by atoms with Crippen molar-refractivity contribution in [2.75, 3.05) is 19.0 Å². The van der Waals surface area contributed by atoms with Crippen molar-refractivity contribution in [2.45, 2.75) is 36.5 Å². The highest BCUT2D eigenvalue weighted by Crippen LogP contribution is 2.42. The third-order valence-electron chi connectivity index (χ3n) is 6.25. The average molecular weight is 498 g/mol. The minimum Gasteiger partial charge on any atom is -0.386 e. The molecule has 176 valence electrons. The van der Waals surface area contributed by atoms with Crippen LogP contribution in [0.25, 0.3) is 0 Å². The van der Waals surface area contributed by atoms with Crippen LogP contribution in [0.3, 0.4) is 0 Å². The summed E-state index contributed by atoms with van der Waals surface area (Å²) in [4.78, 5) is 20.8. The molecule has 7 nitrogen and oxygen atoms in total. The molecule has 11 heteroatoms. The van der Waals surface area contributed by atoms with Crippen LogP contribution in [0.5, 0.6) is 0 Å². The lowest BCUT2D eigenvalue weighted by Gasteiger charge is -2.43. The summed E-state index contributed by atoms with van der Waals surface area (Å²) in [5.74, 6) is -2.68. The first kappa shape index (κ1) is 23.7. The van der Waals surface area contributed by atoms with Crippen molar-refractivity contribution in [3.8, 4) is 0 Å². The maximum Gasteiger partial charge on any atom is 0.188 e. The number of rotatable bonds is 4. The van der Waals surface area contributed by atoms with Gasteiger partial charge >= 0.3 is 0 Å². The van der Waals surface area contributed by atoms with E-state index in [9.17, 15) is 22.0 Å². The van der Waals surface area contributed by atoms with E-state index in [1.54, 1.807) is 0 Å². The standard InChI is InChI=1S/C22H22ClF2N3O4S/c1-21(12-33(30,31)22(20(26)28-21)4-6-32-7-5-22)15-8-13(2-3-16(15)24)9-18(29)19-17(25)10-14(23)11-27-19/h2-3,8,10-11H,4-7,9,12H2,1H3,(H2,26,28)/t21-/m0/s1. The Kier molecular flexibility index (Phi) is 6.05. The molecule has 0 aliphatic carbocycles. The van der Waals surface area contributed by atoms with Gasteiger partial charge in [0.2, 0.25) is 0 Å². The smallest absolute Gasteiger partial charge is 0.188 e. The molecule has 1 atom stereocenters. The number of carbonyl (C=O) groups is 1. The molecule has 2 aromatic rings. The summed E-state index contributed by atoms with van der Waals surface area (Å²) >= 11 is 5.68. The van der Waals surface area contributed by atoms with Crippen LogP contribution in [0, 0.1) is 11.6 Å². The number of carbonyl (C=O) groups excluding carboxylic acids is 1. The topological polar surface area (TPSA) is 112 Å². The van der Waals surface area contributed by atoms with Crippen LogP contribution in [0.15, 0.2) is 35.5 Å². The summed E-state index contributed by atoms with van der Waals surface area (Å²) in [5, 5.41) is 0.0531. The maximum absolute atomic E-state index is 14.9. The first-order valence-electron chi connectivity index (χ1n) is 10.3. The first-order valence-corrected chi connectivity index (χ1v) is 12.3. The molecule has 33 heavy (non-hydrogen) atoms. The Morgan fingerprint density at radius 2 is 1.91 bits per heavy atom. The third kappa shape index (κ3) is 4.15. The SMILES string of the molecule is C[C@@]1(c2cc(CC(=O)c3ncc(Cl)cc3F)ccc2F)CS(=O)(=O)C2(CCOCC2)C(N)=N1. The van der Waals surface area contributed by atoms with Gasteiger partial charge < -0.3 is 10.5 Å². The second kappa shape index (κ2) is 8.41. The molecule has 4 rings (SSSR count). The number of ether oxygens (including phenoxy) is 1.